The minimum atomic E-state index is -4.58. The molecule has 3 N–H and O–H groups in total. The van der Waals surface area contributed by atoms with E-state index in [0.29, 0.717) is 5.69 Å². The molecule has 0 saturated heterocycles. The molecule has 0 radical (unpaired) electrons. The van der Waals surface area contributed by atoms with E-state index in [9.17, 15) is 31.5 Å². The van der Waals surface area contributed by atoms with Crippen molar-refractivity contribution in [1.29, 1.82) is 0 Å². The van der Waals surface area contributed by atoms with Crippen molar-refractivity contribution in [3.8, 4) is 5.75 Å². The fourth-order valence-corrected chi connectivity index (χ4v) is 1.33. The second-order valence-corrected chi connectivity index (χ2v) is 4.10. The molecule has 0 spiro atoms. The summed E-state index contributed by atoms with van der Waals surface area (Å²) >= 11 is 0. The maximum atomic E-state index is 11.9. The van der Waals surface area contributed by atoms with Gasteiger partial charge in [0.15, 0.2) is 0 Å². The Kier molecular flexibility index (Phi) is 6.54. The topological polar surface area (TPSA) is 79.5 Å². The number of urea groups is 1. The summed E-state index contributed by atoms with van der Waals surface area (Å²) < 4.78 is 63.5. The van der Waals surface area contributed by atoms with Crippen molar-refractivity contribution in [2.75, 3.05) is 18.4 Å². The van der Waals surface area contributed by atoms with E-state index in [4.69, 9.17) is 0 Å². The van der Waals surface area contributed by atoms with E-state index >= 15 is 0 Å². The minimum absolute atomic E-state index is 0.0819. The molecule has 0 aliphatic heterocycles. The first kappa shape index (κ1) is 18.5. The lowest BCUT2D eigenvalue weighted by Gasteiger charge is -2.10. The van der Waals surface area contributed by atoms with Crippen LogP contribution in [0, 0.1) is 0 Å². The van der Waals surface area contributed by atoms with Crippen LogP contribution in [0.25, 0.3) is 0 Å². The van der Waals surface area contributed by atoms with Crippen LogP contribution in [0.15, 0.2) is 24.3 Å². The number of hydrogen-bond donors (Lipinski definition) is 3. The number of carbonyl (C=O) groups is 2. The molecule has 0 heterocycles. The predicted octanol–water partition coefficient (Wildman–Crippen LogP) is 2.09. The highest BCUT2D eigenvalue weighted by molar-refractivity contribution is 5.96. The predicted molar refractivity (Wildman–Crippen MR) is 69.2 cm³/mol. The van der Waals surface area contributed by atoms with Crippen LogP contribution in [-0.2, 0) is 4.79 Å². The third-order valence-corrected chi connectivity index (χ3v) is 2.23. The number of ether oxygens (including phenoxy) is 1. The highest BCUT2D eigenvalue weighted by atomic mass is 19.4. The molecule has 1 aromatic carbocycles. The number of nitrogens with one attached hydrogen (secondary N) is 3. The van der Waals surface area contributed by atoms with Gasteiger partial charge in [0.2, 0.25) is 5.91 Å². The zero-order valence-corrected chi connectivity index (χ0v) is 11.4. The molecule has 3 amide bonds. The summed E-state index contributed by atoms with van der Waals surface area (Å²) in [5, 5.41) is 5.70. The second-order valence-electron chi connectivity index (χ2n) is 4.10. The van der Waals surface area contributed by atoms with Crippen molar-refractivity contribution in [2.24, 2.45) is 0 Å². The average molecular weight is 341 g/mol. The van der Waals surface area contributed by atoms with Crippen LogP contribution in [0.5, 0.6) is 5.75 Å². The summed E-state index contributed by atoms with van der Waals surface area (Å²) in [6.07, 6.45) is -4.58. The molecule has 0 unspecified atom stereocenters. The number of anilines is 1. The number of benzene rings is 1. The number of amides is 3. The largest absolute Gasteiger partial charge is 0.435 e. The van der Waals surface area contributed by atoms with Gasteiger partial charge in [0.05, 0.1) is 6.54 Å². The first-order valence-electron chi connectivity index (χ1n) is 6.09. The van der Waals surface area contributed by atoms with Crippen molar-refractivity contribution in [1.82, 2.24) is 10.6 Å². The number of carbonyl (C=O) groups excluding carboxylic acids is 2. The maximum absolute atomic E-state index is 11.9. The lowest BCUT2D eigenvalue weighted by atomic mass is 10.3. The first-order chi connectivity index (χ1) is 10.7. The fourth-order valence-electron chi connectivity index (χ4n) is 1.33. The zero-order chi connectivity index (χ0) is 17.5. The van der Waals surface area contributed by atoms with Crippen LogP contribution < -0.4 is 20.7 Å². The summed E-state index contributed by atoms with van der Waals surface area (Å²) in [5.74, 6) is -0.959. The van der Waals surface area contributed by atoms with E-state index in [0.717, 1.165) is 0 Å². The monoisotopic (exact) mass is 341 g/mol. The molecule has 6 nitrogen and oxygen atoms in total. The van der Waals surface area contributed by atoms with Gasteiger partial charge in [-0.3, -0.25) is 10.1 Å². The standard InChI is InChI=1S/C12H12F5N3O3/c13-10(14)23-8-3-1-7(2-4-8)18-5-9(21)20-11(22)19-6-12(15,16)17/h1-4,10,18H,5-6H2,(H2,19,20,21,22). The molecule has 0 aliphatic carbocycles. The van der Waals surface area contributed by atoms with E-state index in [2.05, 4.69) is 10.1 Å². The third-order valence-electron chi connectivity index (χ3n) is 2.23. The van der Waals surface area contributed by atoms with Gasteiger partial charge in [-0.05, 0) is 24.3 Å². The number of alkyl halides is 5. The van der Waals surface area contributed by atoms with Crippen LogP contribution in [0.3, 0.4) is 0 Å². The number of imide groups is 1. The van der Waals surface area contributed by atoms with Gasteiger partial charge in [0, 0.05) is 5.69 Å². The Morgan fingerprint density at radius 2 is 1.74 bits per heavy atom. The minimum Gasteiger partial charge on any atom is -0.435 e. The smallest absolute Gasteiger partial charge is 0.405 e. The van der Waals surface area contributed by atoms with Gasteiger partial charge in [-0.2, -0.15) is 22.0 Å². The Morgan fingerprint density at radius 3 is 2.26 bits per heavy atom. The van der Waals surface area contributed by atoms with Crippen LogP contribution in [-0.4, -0.2) is 37.8 Å². The SMILES string of the molecule is O=C(CNc1ccc(OC(F)F)cc1)NC(=O)NCC(F)(F)F. The normalized spacial score (nSPS) is 11.0. The molecule has 0 aromatic heterocycles. The average Bonchev–Trinajstić information content (AvgIpc) is 2.43. The van der Waals surface area contributed by atoms with E-state index < -0.39 is 37.8 Å². The summed E-state index contributed by atoms with van der Waals surface area (Å²) in [6, 6.07) is 3.85. The van der Waals surface area contributed by atoms with E-state index in [1.54, 1.807) is 5.32 Å². The fraction of sp³-hybridized carbons (Fsp3) is 0.333. The van der Waals surface area contributed by atoms with Crippen LogP contribution >= 0.6 is 0 Å². The molecule has 0 bridgehead atoms. The maximum Gasteiger partial charge on any atom is 0.405 e. The number of rotatable bonds is 6. The number of halogens is 5. The molecule has 11 heteroatoms. The van der Waals surface area contributed by atoms with Crippen LogP contribution in [0.1, 0.15) is 0 Å². The highest BCUT2D eigenvalue weighted by Gasteiger charge is 2.27. The van der Waals surface area contributed by atoms with Gasteiger partial charge in [-0.15, -0.1) is 0 Å². The van der Waals surface area contributed by atoms with Crippen LogP contribution in [0.4, 0.5) is 32.4 Å². The Labute approximate surface area is 127 Å². The molecule has 0 fully saturated rings. The molecule has 1 rings (SSSR count). The van der Waals surface area contributed by atoms with E-state index in [1.165, 1.54) is 29.6 Å². The molecule has 23 heavy (non-hydrogen) atoms. The van der Waals surface area contributed by atoms with Gasteiger partial charge in [-0.1, -0.05) is 0 Å². The van der Waals surface area contributed by atoms with Gasteiger partial charge >= 0.3 is 18.8 Å². The summed E-state index contributed by atoms with van der Waals surface area (Å²) in [5.41, 5.74) is 0.359. The Bertz CT molecular complexity index is 534. The molecule has 0 atom stereocenters. The summed E-state index contributed by atoms with van der Waals surface area (Å²) in [4.78, 5) is 22.3. The van der Waals surface area contributed by atoms with Gasteiger partial charge in [-0.25, -0.2) is 4.79 Å². The second kappa shape index (κ2) is 8.15. The van der Waals surface area contributed by atoms with E-state index in [1.807, 2.05) is 0 Å². The molecular formula is C12H12F5N3O3. The molecular weight excluding hydrogens is 329 g/mol. The lowest BCUT2D eigenvalue weighted by molar-refractivity contribution is -0.124. The Morgan fingerprint density at radius 1 is 1.13 bits per heavy atom. The quantitative estimate of drug-likeness (QED) is 0.692. The summed E-state index contributed by atoms with van der Waals surface area (Å²) in [6.45, 7) is -4.94. The van der Waals surface area contributed by atoms with Gasteiger partial charge in [0.25, 0.3) is 0 Å². The third kappa shape index (κ3) is 8.44. The van der Waals surface area contributed by atoms with Crippen molar-refractivity contribution < 1.29 is 36.3 Å². The van der Waals surface area contributed by atoms with Crippen molar-refractivity contribution in [2.45, 2.75) is 12.8 Å². The Balaban J connectivity index is 2.34. The molecule has 0 saturated carbocycles. The van der Waals surface area contributed by atoms with Crippen LogP contribution in [0.2, 0.25) is 0 Å². The molecule has 0 aliphatic rings. The first-order valence-corrected chi connectivity index (χ1v) is 6.09. The molecule has 1 aromatic rings. The van der Waals surface area contributed by atoms with Crippen molar-refractivity contribution in [3.05, 3.63) is 24.3 Å². The zero-order valence-electron chi connectivity index (χ0n) is 11.4. The number of hydrogen-bond acceptors (Lipinski definition) is 4. The van der Waals surface area contributed by atoms with Crippen molar-refractivity contribution >= 4 is 17.6 Å². The van der Waals surface area contributed by atoms with Gasteiger partial charge < -0.3 is 15.4 Å². The van der Waals surface area contributed by atoms with Gasteiger partial charge in [0.1, 0.15) is 12.3 Å². The Hall–Kier alpha value is -2.59. The van der Waals surface area contributed by atoms with Crippen molar-refractivity contribution in [3.63, 3.8) is 0 Å². The highest BCUT2D eigenvalue weighted by Crippen LogP contribution is 2.17. The lowest BCUT2D eigenvalue weighted by Crippen LogP contribution is -2.45. The summed E-state index contributed by atoms with van der Waals surface area (Å²) in [7, 11) is 0. The van der Waals surface area contributed by atoms with E-state index in [-0.39, 0.29) is 5.75 Å². The molecule has 128 valence electrons.